The summed E-state index contributed by atoms with van der Waals surface area (Å²) in [6.07, 6.45) is 0. The second-order valence-electron chi connectivity index (χ2n) is 3.30. The van der Waals surface area contributed by atoms with Crippen LogP contribution in [-0.2, 0) is 0 Å². The molecule has 2 aromatic rings. The van der Waals surface area contributed by atoms with Crippen molar-refractivity contribution in [3.63, 3.8) is 0 Å². The van der Waals surface area contributed by atoms with Crippen LogP contribution in [0.1, 0.15) is 9.67 Å². The van der Waals surface area contributed by atoms with Crippen molar-refractivity contribution in [2.24, 2.45) is 0 Å². The number of nitrogens with one attached hydrogen (secondary N) is 1. The molecule has 0 aliphatic rings. The Kier molecular flexibility index (Phi) is 4.42. The first-order chi connectivity index (χ1) is 8.49. The molecular formula is C11H5Br2ClFNOS. The van der Waals surface area contributed by atoms with Crippen molar-refractivity contribution in [3.8, 4) is 0 Å². The molecule has 0 saturated heterocycles. The van der Waals surface area contributed by atoms with Crippen LogP contribution in [0.4, 0.5) is 10.1 Å². The highest BCUT2D eigenvalue weighted by molar-refractivity contribution is 9.11. The lowest BCUT2D eigenvalue weighted by molar-refractivity contribution is 0.103. The van der Waals surface area contributed by atoms with Crippen LogP contribution in [-0.4, -0.2) is 5.91 Å². The van der Waals surface area contributed by atoms with Gasteiger partial charge in [-0.25, -0.2) is 4.39 Å². The molecule has 0 spiro atoms. The van der Waals surface area contributed by atoms with Gasteiger partial charge in [0.2, 0.25) is 0 Å². The summed E-state index contributed by atoms with van der Waals surface area (Å²) in [6, 6.07) is 4.16. The van der Waals surface area contributed by atoms with Gasteiger partial charge in [0.15, 0.2) is 0 Å². The first-order valence-corrected chi connectivity index (χ1v) is 7.52. The second-order valence-corrected chi connectivity index (χ2v) is 6.33. The van der Waals surface area contributed by atoms with E-state index in [0.717, 1.165) is 6.07 Å². The highest BCUT2D eigenvalue weighted by Crippen LogP contribution is 2.33. The zero-order valence-electron chi connectivity index (χ0n) is 8.64. The Bertz CT molecular complexity index is 594. The van der Waals surface area contributed by atoms with Crippen LogP contribution in [0.3, 0.4) is 0 Å². The molecule has 94 valence electrons. The van der Waals surface area contributed by atoms with Crippen LogP contribution < -0.4 is 5.32 Å². The van der Waals surface area contributed by atoms with Crippen molar-refractivity contribution in [2.75, 3.05) is 5.32 Å². The summed E-state index contributed by atoms with van der Waals surface area (Å²) in [5.41, 5.74) is 0.350. The fraction of sp³-hybridized carbons (Fsp3) is 0. The van der Waals surface area contributed by atoms with Gasteiger partial charge in [-0.05, 0) is 55.4 Å². The third-order valence-electron chi connectivity index (χ3n) is 2.07. The van der Waals surface area contributed by atoms with Crippen LogP contribution in [0.25, 0.3) is 0 Å². The fourth-order valence-electron chi connectivity index (χ4n) is 1.29. The Morgan fingerprint density at radius 1 is 1.33 bits per heavy atom. The number of halogens is 4. The minimum atomic E-state index is -0.470. The summed E-state index contributed by atoms with van der Waals surface area (Å²) in [5.74, 6) is -0.770. The Morgan fingerprint density at radius 2 is 2.06 bits per heavy atom. The van der Waals surface area contributed by atoms with Crippen LogP contribution in [0.2, 0.25) is 5.02 Å². The molecule has 0 fully saturated rings. The van der Waals surface area contributed by atoms with Crippen molar-refractivity contribution in [1.82, 2.24) is 0 Å². The number of carbonyl (C=O) groups is 1. The molecule has 0 unspecified atom stereocenters. The number of hydrogen-bond acceptors (Lipinski definition) is 2. The van der Waals surface area contributed by atoms with Gasteiger partial charge in [-0.1, -0.05) is 11.6 Å². The van der Waals surface area contributed by atoms with Crippen LogP contribution in [0.5, 0.6) is 0 Å². The first kappa shape index (κ1) is 14.0. The van der Waals surface area contributed by atoms with E-state index in [1.54, 1.807) is 11.4 Å². The van der Waals surface area contributed by atoms with E-state index >= 15 is 0 Å². The first-order valence-electron chi connectivity index (χ1n) is 4.68. The van der Waals surface area contributed by atoms with Gasteiger partial charge in [-0.2, -0.15) is 0 Å². The molecule has 7 heteroatoms. The third-order valence-corrected chi connectivity index (χ3v) is 4.83. The maximum Gasteiger partial charge on any atom is 0.266 e. The molecule has 1 N–H and O–H groups in total. The molecule has 1 aromatic carbocycles. The summed E-state index contributed by atoms with van der Waals surface area (Å²) in [4.78, 5) is 12.5. The Hall–Kier alpha value is -0.430. The summed E-state index contributed by atoms with van der Waals surface area (Å²) in [5, 5.41) is 4.58. The third kappa shape index (κ3) is 2.93. The lowest BCUT2D eigenvalue weighted by Crippen LogP contribution is -2.11. The number of amides is 1. The van der Waals surface area contributed by atoms with Gasteiger partial charge in [-0.3, -0.25) is 4.79 Å². The van der Waals surface area contributed by atoms with Crippen LogP contribution in [0, 0.1) is 5.82 Å². The summed E-state index contributed by atoms with van der Waals surface area (Å²) in [6.45, 7) is 0. The predicted octanol–water partition coefficient (Wildman–Crippen LogP) is 5.32. The fourth-order valence-corrected chi connectivity index (χ4v) is 3.63. The molecule has 1 heterocycles. The Balaban J connectivity index is 2.31. The van der Waals surface area contributed by atoms with Crippen molar-refractivity contribution in [1.29, 1.82) is 0 Å². The molecular weight excluding hydrogens is 408 g/mol. The van der Waals surface area contributed by atoms with Crippen molar-refractivity contribution in [2.45, 2.75) is 0 Å². The van der Waals surface area contributed by atoms with E-state index in [2.05, 4.69) is 37.2 Å². The standard InChI is InChI=1S/C11H5Br2ClFNOS/c12-6-1-2-18-10(6)11(17)16-9-7(13)3-5(15)4-8(9)14/h1-4H,(H,16,17). The Morgan fingerprint density at radius 3 is 2.61 bits per heavy atom. The molecule has 18 heavy (non-hydrogen) atoms. The van der Waals surface area contributed by atoms with Crippen molar-refractivity contribution in [3.05, 3.63) is 48.2 Å². The van der Waals surface area contributed by atoms with E-state index < -0.39 is 5.82 Å². The summed E-state index contributed by atoms with van der Waals surface area (Å²) >= 11 is 13.6. The monoisotopic (exact) mass is 411 g/mol. The van der Waals surface area contributed by atoms with E-state index in [0.29, 0.717) is 19.5 Å². The van der Waals surface area contributed by atoms with Gasteiger partial charge in [0.05, 0.1) is 10.7 Å². The minimum absolute atomic E-state index is 0.142. The lowest BCUT2D eigenvalue weighted by atomic mass is 10.3. The van der Waals surface area contributed by atoms with Crippen molar-refractivity contribution >= 4 is 66.4 Å². The molecule has 1 aromatic heterocycles. The number of benzene rings is 1. The topological polar surface area (TPSA) is 29.1 Å². The molecule has 0 atom stereocenters. The number of rotatable bonds is 2. The number of anilines is 1. The average molecular weight is 413 g/mol. The second kappa shape index (κ2) is 5.69. The van der Waals surface area contributed by atoms with Gasteiger partial charge in [0, 0.05) is 8.95 Å². The SMILES string of the molecule is O=C(Nc1c(Cl)cc(F)cc1Br)c1sccc1Br. The van der Waals surface area contributed by atoms with E-state index in [1.807, 2.05) is 0 Å². The van der Waals surface area contributed by atoms with Gasteiger partial charge >= 0.3 is 0 Å². The van der Waals surface area contributed by atoms with Gasteiger partial charge in [-0.15, -0.1) is 11.3 Å². The highest BCUT2D eigenvalue weighted by atomic mass is 79.9. The smallest absolute Gasteiger partial charge is 0.266 e. The average Bonchev–Trinajstić information content (AvgIpc) is 2.69. The van der Waals surface area contributed by atoms with E-state index in [4.69, 9.17) is 11.6 Å². The largest absolute Gasteiger partial charge is 0.319 e. The van der Waals surface area contributed by atoms with Gasteiger partial charge in [0.1, 0.15) is 10.7 Å². The molecule has 2 rings (SSSR count). The molecule has 0 bridgehead atoms. The molecule has 0 aliphatic carbocycles. The minimum Gasteiger partial charge on any atom is -0.319 e. The van der Waals surface area contributed by atoms with Crippen molar-refractivity contribution < 1.29 is 9.18 Å². The van der Waals surface area contributed by atoms with Crippen LogP contribution in [0.15, 0.2) is 32.5 Å². The van der Waals surface area contributed by atoms with E-state index in [1.165, 1.54) is 17.4 Å². The summed E-state index contributed by atoms with van der Waals surface area (Å²) < 4.78 is 14.2. The van der Waals surface area contributed by atoms with E-state index in [9.17, 15) is 9.18 Å². The molecule has 0 saturated carbocycles. The number of thiophene rings is 1. The van der Waals surface area contributed by atoms with E-state index in [-0.39, 0.29) is 10.9 Å². The molecule has 1 amide bonds. The zero-order valence-corrected chi connectivity index (χ0v) is 13.4. The van der Waals surface area contributed by atoms with Gasteiger partial charge < -0.3 is 5.32 Å². The zero-order chi connectivity index (χ0) is 13.3. The quantitative estimate of drug-likeness (QED) is 0.710. The summed E-state index contributed by atoms with van der Waals surface area (Å²) in [7, 11) is 0. The molecule has 2 nitrogen and oxygen atoms in total. The number of carbonyl (C=O) groups excluding carboxylic acids is 1. The number of hydrogen-bond donors (Lipinski definition) is 1. The normalized spacial score (nSPS) is 10.4. The lowest BCUT2D eigenvalue weighted by Gasteiger charge is -2.09. The predicted molar refractivity (Wildman–Crippen MR) is 79.1 cm³/mol. The maximum atomic E-state index is 13.1. The molecule has 0 radical (unpaired) electrons. The molecule has 0 aliphatic heterocycles. The maximum absolute atomic E-state index is 13.1. The van der Waals surface area contributed by atoms with Crippen LogP contribution >= 0.6 is 54.8 Å². The Labute approximate surface area is 128 Å². The van der Waals surface area contributed by atoms with Gasteiger partial charge in [0.25, 0.3) is 5.91 Å². The highest BCUT2D eigenvalue weighted by Gasteiger charge is 2.15.